The number of thiazole rings is 1. The van der Waals surface area contributed by atoms with Gasteiger partial charge in [0.05, 0.1) is 0 Å². The number of halogens is 1. The smallest absolute Gasteiger partial charge is 0.185 e. The first-order chi connectivity index (χ1) is 11.6. The molecule has 4 nitrogen and oxygen atoms in total. The van der Waals surface area contributed by atoms with Gasteiger partial charge in [-0.1, -0.05) is 12.1 Å². The maximum Gasteiger partial charge on any atom is 0.185 e. The molecule has 0 unspecified atom stereocenters. The number of piperidine rings is 1. The molecule has 1 aromatic carbocycles. The first-order valence-electron chi connectivity index (χ1n) is 8.41. The monoisotopic (exact) mass is 348 g/mol. The van der Waals surface area contributed by atoms with Crippen molar-refractivity contribution < 1.29 is 4.39 Å². The summed E-state index contributed by atoms with van der Waals surface area (Å²) < 4.78 is 14.1. The zero-order chi connectivity index (χ0) is 16.9. The number of benzene rings is 1. The number of anilines is 1. The molecular weight excluding hydrogens is 323 g/mol. The van der Waals surface area contributed by atoms with E-state index in [9.17, 15) is 4.39 Å². The molecule has 1 fully saturated rings. The van der Waals surface area contributed by atoms with Crippen LogP contribution in [-0.4, -0.2) is 43.1 Å². The third-order valence-electron chi connectivity index (χ3n) is 4.38. The van der Waals surface area contributed by atoms with Crippen molar-refractivity contribution in [2.75, 3.05) is 32.1 Å². The quantitative estimate of drug-likeness (QED) is 0.869. The summed E-state index contributed by atoms with van der Waals surface area (Å²) >= 11 is 1.70. The molecule has 0 amide bonds. The van der Waals surface area contributed by atoms with Gasteiger partial charge in [0.25, 0.3) is 0 Å². The Hall–Kier alpha value is -1.50. The summed E-state index contributed by atoms with van der Waals surface area (Å²) in [5.74, 6) is -0.110. The second-order valence-corrected chi connectivity index (χ2v) is 7.49. The number of aromatic nitrogens is 1. The minimum atomic E-state index is -0.110. The van der Waals surface area contributed by atoms with Gasteiger partial charge in [0.15, 0.2) is 5.13 Å². The lowest BCUT2D eigenvalue weighted by Crippen LogP contribution is -2.42. The summed E-state index contributed by atoms with van der Waals surface area (Å²) in [4.78, 5) is 8.70. The van der Waals surface area contributed by atoms with Crippen LogP contribution in [0.25, 0.3) is 0 Å². The van der Waals surface area contributed by atoms with E-state index in [0.717, 1.165) is 48.7 Å². The molecule has 1 saturated heterocycles. The second-order valence-electron chi connectivity index (χ2n) is 6.62. The Labute approximate surface area is 147 Å². The van der Waals surface area contributed by atoms with Gasteiger partial charge >= 0.3 is 0 Å². The molecule has 0 aliphatic carbocycles. The predicted octanol–water partition coefficient (Wildman–Crippen LogP) is 3.10. The van der Waals surface area contributed by atoms with Gasteiger partial charge in [-0.25, -0.2) is 9.37 Å². The number of rotatable bonds is 6. The number of nitrogens with one attached hydrogen (secondary N) is 1. The molecule has 2 heterocycles. The lowest BCUT2D eigenvalue weighted by atomic mass is 10.0. The average Bonchev–Trinajstić information content (AvgIpc) is 3.10. The highest BCUT2D eigenvalue weighted by Crippen LogP contribution is 2.22. The van der Waals surface area contributed by atoms with Crippen LogP contribution in [0.3, 0.4) is 0 Å². The van der Waals surface area contributed by atoms with Gasteiger partial charge in [-0.3, -0.25) is 0 Å². The van der Waals surface area contributed by atoms with Crippen LogP contribution >= 0.6 is 11.3 Å². The summed E-state index contributed by atoms with van der Waals surface area (Å²) in [7, 11) is 3.90. The zero-order valence-electron chi connectivity index (χ0n) is 14.3. The summed E-state index contributed by atoms with van der Waals surface area (Å²) in [5, 5.41) is 6.71. The van der Waals surface area contributed by atoms with E-state index in [1.54, 1.807) is 17.4 Å². The van der Waals surface area contributed by atoms with E-state index in [-0.39, 0.29) is 5.82 Å². The van der Waals surface area contributed by atoms with Crippen LogP contribution in [0.15, 0.2) is 29.8 Å². The van der Waals surface area contributed by atoms with Crippen molar-refractivity contribution in [2.45, 2.75) is 32.0 Å². The van der Waals surface area contributed by atoms with Crippen LogP contribution in [0.2, 0.25) is 0 Å². The Bertz CT molecular complexity index is 636. The zero-order valence-corrected chi connectivity index (χ0v) is 15.2. The van der Waals surface area contributed by atoms with Crippen molar-refractivity contribution in [2.24, 2.45) is 0 Å². The van der Waals surface area contributed by atoms with Gasteiger partial charge in [0.2, 0.25) is 0 Å². The number of nitrogens with zero attached hydrogens (tertiary/aromatic N) is 3. The van der Waals surface area contributed by atoms with Crippen LogP contribution in [0.4, 0.5) is 9.52 Å². The highest BCUT2D eigenvalue weighted by Gasteiger charge is 2.20. The van der Waals surface area contributed by atoms with E-state index in [4.69, 9.17) is 0 Å². The van der Waals surface area contributed by atoms with Crippen molar-refractivity contribution in [3.63, 3.8) is 0 Å². The number of hydrogen-bond donors (Lipinski definition) is 1. The molecule has 0 bridgehead atoms. The lowest BCUT2D eigenvalue weighted by molar-refractivity contribution is 0.392. The third-order valence-corrected chi connectivity index (χ3v) is 5.22. The standard InChI is InChI=1S/C18H25FN4S/c1-22(2)13-15-4-3-14(11-17(15)19)12-21-16-5-8-23(9-6-16)18-20-7-10-24-18/h3-4,7,10-11,16,21H,5-6,8-9,12-13H2,1-2H3. The fourth-order valence-corrected chi connectivity index (χ4v) is 3.78. The van der Waals surface area contributed by atoms with Gasteiger partial charge in [-0.2, -0.15) is 0 Å². The molecule has 0 radical (unpaired) electrons. The van der Waals surface area contributed by atoms with Crippen molar-refractivity contribution in [3.05, 3.63) is 46.7 Å². The van der Waals surface area contributed by atoms with Crippen molar-refractivity contribution >= 4 is 16.5 Å². The Morgan fingerprint density at radius 3 is 2.75 bits per heavy atom. The first-order valence-corrected chi connectivity index (χ1v) is 9.29. The van der Waals surface area contributed by atoms with Crippen LogP contribution in [0, 0.1) is 5.82 Å². The Morgan fingerprint density at radius 1 is 1.33 bits per heavy atom. The molecule has 2 aromatic rings. The topological polar surface area (TPSA) is 31.4 Å². The molecule has 1 aliphatic heterocycles. The summed E-state index contributed by atoms with van der Waals surface area (Å²) in [6.07, 6.45) is 4.06. The summed E-state index contributed by atoms with van der Waals surface area (Å²) in [5.41, 5.74) is 1.76. The largest absolute Gasteiger partial charge is 0.348 e. The third kappa shape index (κ3) is 4.53. The minimum absolute atomic E-state index is 0.110. The summed E-state index contributed by atoms with van der Waals surface area (Å²) in [6, 6.07) is 6.08. The van der Waals surface area contributed by atoms with Crippen LogP contribution in [0.1, 0.15) is 24.0 Å². The highest BCUT2D eigenvalue weighted by molar-refractivity contribution is 7.13. The maximum absolute atomic E-state index is 14.1. The molecule has 0 saturated carbocycles. The second kappa shape index (κ2) is 8.05. The van der Waals surface area contributed by atoms with E-state index in [1.807, 2.05) is 42.7 Å². The van der Waals surface area contributed by atoms with Crippen molar-refractivity contribution in [1.82, 2.24) is 15.2 Å². The Kier molecular flexibility index (Phi) is 5.81. The molecule has 0 spiro atoms. The molecule has 0 atom stereocenters. The molecule has 1 N–H and O–H groups in total. The molecule has 1 aromatic heterocycles. The molecule has 3 rings (SSSR count). The van der Waals surface area contributed by atoms with E-state index >= 15 is 0 Å². The van der Waals surface area contributed by atoms with Gasteiger partial charge in [-0.15, -0.1) is 11.3 Å². The highest BCUT2D eigenvalue weighted by atomic mass is 32.1. The molecule has 24 heavy (non-hydrogen) atoms. The Morgan fingerprint density at radius 2 is 2.12 bits per heavy atom. The molecular formula is C18H25FN4S. The first kappa shape index (κ1) is 17.3. The lowest BCUT2D eigenvalue weighted by Gasteiger charge is -2.32. The van der Waals surface area contributed by atoms with E-state index in [2.05, 4.69) is 15.2 Å². The average molecular weight is 348 g/mol. The maximum atomic E-state index is 14.1. The SMILES string of the molecule is CN(C)Cc1ccc(CNC2CCN(c3nccs3)CC2)cc1F. The number of hydrogen-bond acceptors (Lipinski definition) is 5. The van der Waals surface area contributed by atoms with Gasteiger partial charge in [0.1, 0.15) is 5.82 Å². The van der Waals surface area contributed by atoms with Crippen molar-refractivity contribution in [3.8, 4) is 0 Å². The fraction of sp³-hybridized carbons (Fsp3) is 0.500. The van der Waals surface area contributed by atoms with Crippen LogP contribution in [-0.2, 0) is 13.1 Å². The minimum Gasteiger partial charge on any atom is -0.348 e. The van der Waals surface area contributed by atoms with Crippen molar-refractivity contribution in [1.29, 1.82) is 0 Å². The fourth-order valence-electron chi connectivity index (χ4n) is 3.08. The Balaban J connectivity index is 1.47. The van der Waals surface area contributed by atoms with E-state index < -0.39 is 0 Å². The summed E-state index contributed by atoms with van der Waals surface area (Å²) in [6.45, 7) is 3.42. The molecule has 6 heteroatoms. The van der Waals surface area contributed by atoms with Crippen LogP contribution in [0.5, 0.6) is 0 Å². The van der Waals surface area contributed by atoms with Gasteiger partial charge in [0, 0.05) is 49.4 Å². The predicted molar refractivity (Wildman–Crippen MR) is 98.0 cm³/mol. The molecule has 130 valence electrons. The van der Waals surface area contributed by atoms with E-state index in [1.165, 1.54) is 0 Å². The molecule has 1 aliphatic rings. The van der Waals surface area contributed by atoms with E-state index in [0.29, 0.717) is 12.6 Å². The normalized spacial score (nSPS) is 16.1. The van der Waals surface area contributed by atoms with Gasteiger partial charge in [-0.05, 0) is 38.6 Å². The van der Waals surface area contributed by atoms with Gasteiger partial charge < -0.3 is 15.1 Å². The van der Waals surface area contributed by atoms with Crippen LogP contribution < -0.4 is 10.2 Å².